The summed E-state index contributed by atoms with van der Waals surface area (Å²) in [4.78, 5) is 29.4. The lowest BCUT2D eigenvalue weighted by Crippen LogP contribution is -2.51. The molecule has 10 N–H and O–H groups in total. The van der Waals surface area contributed by atoms with Crippen molar-refractivity contribution in [3.63, 3.8) is 0 Å². The molecule has 9 unspecified atom stereocenters. The Hall–Kier alpha value is -2.90. The average Bonchev–Trinajstić information content (AvgIpc) is 3.52. The summed E-state index contributed by atoms with van der Waals surface area (Å²) in [6.07, 6.45) is 20.4. The molecule has 0 aromatic carbocycles. The van der Waals surface area contributed by atoms with E-state index >= 15 is 0 Å². The van der Waals surface area contributed by atoms with Crippen LogP contribution in [0.2, 0.25) is 0 Å². The Morgan fingerprint density at radius 2 is 1.60 bits per heavy atom. The predicted octanol–water partition coefficient (Wildman–Crippen LogP) is 6.98. The van der Waals surface area contributed by atoms with Gasteiger partial charge in [0.25, 0.3) is 0 Å². The lowest BCUT2D eigenvalue weighted by Gasteiger charge is -2.58. The summed E-state index contributed by atoms with van der Waals surface area (Å²) < 4.78 is 17.8. The number of likely N-dealkylation sites (N-methyl/N-ethyl adjacent to an activating group) is 1. The molecule has 2 amide bonds. The Kier molecular flexibility index (Phi) is 20.3. The molecule has 4 rings (SSSR count). The van der Waals surface area contributed by atoms with Gasteiger partial charge >= 0.3 is 6.09 Å². The van der Waals surface area contributed by atoms with Gasteiger partial charge in [0.2, 0.25) is 5.91 Å². The fraction of sp³-hybridized carbons (Fsp3) is 0.867. The number of ether oxygens (including phenoxy) is 3. The Balaban J connectivity index is 0.00000291. The van der Waals surface area contributed by atoms with Crippen molar-refractivity contribution < 1.29 is 23.8 Å². The number of guanidine groups is 1. The topological polar surface area (TPSA) is 212 Å². The van der Waals surface area contributed by atoms with Crippen molar-refractivity contribution in [3.05, 3.63) is 11.6 Å². The third-order valence-electron chi connectivity index (χ3n) is 14.3. The molecule has 0 spiro atoms. The third-order valence-corrected chi connectivity index (χ3v) is 14.3. The Bertz CT molecular complexity index is 1340. The number of allylic oxidation sites excluding steroid dienone is 1. The van der Waals surface area contributed by atoms with E-state index in [9.17, 15) is 9.59 Å². The molecule has 0 heterocycles. The molecule has 13 nitrogen and oxygen atoms in total. The number of nitrogens with one attached hydrogen (secondary N) is 4. The molecule has 4 aliphatic rings. The molecule has 13 heteroatoms. The molecule has 0 radical (unpaired) electrons. The number of carbonyl (C=O) groups is 2. The number of hydrogen-bond donors (Lipinski definition) is 7. The first-order chi connectivity index (χ1) is 27.5. The zero-order valence-electron chi connectivity index (χ0n) is 37.6. The van der Waals surface area contributed by atoms with E-state index in [1.165, 1.54) is 63.4 Å². The molecular weight excluding hydrogens is 733 g/mol. The van der Waals surface area contributed by atoms with E-state index < -0.39 is 5.79 Å². The quantitative estimate of drug-likeness (QED) is 0.0197. The fourth-order valence-electron chi connectivity index (χ4n) is 11.3. The minimum atomic E-state index is -0.870. The summed E-state index contributed by atoms with van der Waals surface area (Å²) in [5.74, 6) is 4.07. The van der Waals surface area contributed by atoms with Crippen LogP contribution in [0.4, 0.5) is 4.79 Å². The van der Waals surface area contributed by atoms with Crippen LogP contribution in [-0.4, -0.2) is 82.1 Å². The van der Waals surface area contributed by atoms with Crippen molar-refractivity contribution in [1.29, 1.82) is 5.41 Å². The van der Waals surface area contributed by atoms with Crippen LogP contribution in [0.1, 0.15) is 145 Å². The summed E-state index contributed by atoms with van der Waals surface area (Å²) in [5.41, 5.74) is 17.4. The number of aliphatic imine (C=N–C) groups is 1. The zero-order valence-corrected chi connectivity index (χ0v) is 37.6. The van der Waals surface area contributed by atoms with E-state index in [-0.39, 0.29) is 42.1 Å². The van der Waals surface area contributed by atoms with Gasteiger partial charge in [0.05, 0.1) is 25.6 Å². The number of nitrogens with zero attached hydrogens (tertiary/aromatic N) is 1. The lowest BCUT2D eigenvalue weighted by molar-refractivity contribution is -0.211. The standard InChI is InChI=1S/C44H80N6O5.CH4N2/c1-30(2)13-9-10-14-31(3)35-18-19-36-34-17-16-32-29-33(20-22-43(32,6)37(34)21-23-44(35,36)7)55-41(52)50-26-28-54-42(4,5)53-27-25-48-39(51)38(47-8)15-11-12-24-49-40(45)46;2-1-3/h16,30-31,33-38,47H,9-15,17-29H2,1-8H3,(H,48,51)(H,50,52)(H4,45,46,49);1H,(H3,2,3). The summed E-state index contributed by atoms with van der Waals surface area (Å²) in [5, 5.41) is 14.7. The first-order valence-electron chi connectivity index (χ1n) is 22.6. The van der Waals surface area contributed by atoms with Crippen molar-refractivity contribution in [2.24, 2.45) is 68.5 Å². The van der Waals surface area contributed by atoms with Crippen LogP contribution in [-0.2, 0) is 19.0 Å². The number of amides is 2. The molecule has 0 saturated heterocycles. The van der Waals surface area contributed by atoms with Gasteiger partial charge < -0.3 is 47.4 Å². The first-order valence-corrected chi connectivity index (χ1v) is 22.6. The fourth-order valence-corrected chi connectivity index (χ4v) is 11.3. The number of nitrogens with two attached hydrogens (primary N) is 3. The van der Waals surface area contributed by atoms with Crippen LogP contribution >= 0.6 is 0 Å². The van der Waals surface area contributed by atoms with E-state index in [1.807, 2.05) is 13.8 Å². The molecule has 0 aromatic heterocycles. The molecule has 4 aliphatic carbocycles. The number of hydrogen-bond acceptors (Lipinski definition) is 8. The average molecular weight is 817 g/mol. The van der Waals surface area contributed by atoms with E-state index in [0.29, 0.717) is 38.1 Å². The van der Waals surface area contributed by atoms with Crippen LogP contribution in [0, 0.1) is 51.7 Å². The summed E-state index contributed by atoms with van der Waals surface area (Å²) >= 11 is 0. The molecule has 334 valence electrons. The second-order valence-corrected chi connectivity index (χ2v) is 19.0. The maximum atomic E-state index is 12.8. The van der Waals surface area contributed by atoms with Crippen molar-refractivity contribution in [2.45, 2.75) is 163 Å². The van der Waals surface area contributed by atoms with Gasteiger partial charge in [0.15, 0.2) is 11.7 Å². The third kappa shape index (κ3) is 14.4. The highest BCUT2D eigenvalue weighted by atomic mass is 16.7. The van der Waals surface area contributed by atoms with Crippen molar-refractivity contribution in [3.8, 4) is 0 Å². The number of carbonyl (C=O) groups excluding carboxylic acids is 2. The summed E-state index contributed by atoms with van der Waals surface area (Å²) in [6.45, 7) is 17.9. The zero-order chi connectivity index (χ0) is 42.9. The molecule has 9 atom stereocenters. The molecule has 3 saturated carbocycles. The lowest BCUT2D eigenvalue weighted by atomic mass is 9.47. The van der Waals surface area contributed by atoms with E-state index in [1.54, 1.807) is 7.05 Å². The monoisotopic (exact) mass is 817 g/mol. The van der Waals surface area contributed by atoms with Gasteiger partial charge in [-0.3, -0.25) is 15.2 Å². The van der Waals surface area contributed by atoms with Crippen LogP contribution in [0.15, 0.2) is 16.6 Å². The Labute approximate surface area is 351 Å². The van der Waals surface area contributed by atoms with Crippen LogP contribution in [0.5, 0.6) is 0 Å². The SMILES string of the molecule is CNC(CCCCN=C(N)N)C(=O)NCCOC(C)(C)OCCNC(=O)OC1CCC2(C)C(=CCC3C2CCC2(C)C(C(C)CCCCC(C)C)CCC32)C1.N=CN. The van der Waals surface area contributed by atoms with Gasteiger partial charge in [-0.05, 0) is 131 Å². The highest BCUT2D eigenvalue weighted by Crippen LogP contribution is 2.67. The first kappa shape index (κ1) is 49.5. The van der Waals surface area contributed by atoms with Crippen LogP contribution < -0.4 is 33.2 Å². The maximum Gasteiger partial charge on any atom is 0.407 e. The molecule has 0 aliphatic heterocycles. The second kappa shape index (κ2) is 23.8. The Morgan fingerprint density at radius 3 is 2.26 bits per heavy atom. The second-order valence-electron chi connectivity index (χ2n) is 19.0. The molecule has 0 aromatic rings. The van der Waals surface area contributed by atoms with Gasteiger partial charge in [0, 0.05) is 26.1 Å². The van der Waals surface area contributed by atoms with Gasteiger partial charge in [0.1, 0.15) is 6.10 Å². The van der Waals surface area contributed by atoms with E-state index in [4.69, 9.17) is 31.1 Å². The highest BCUT2D eigenvalue weighted by Gasteiger charge is 2.59. The smallest absolute Gasteiger partial charge is 0.407 e. The maximum absolute atomic E-state index is 12.8. The Morgan fingerprint density at radius 1 is 0.948 bits per heavy atom. The molecule has 0 bridgehead atoms. The predicted molar refractivity (Wildman–Crippen MR) is 235 cm³/mol. The van der Waals surface area contributed by atoms with Crippen LogP contribution in [0.3, 0.4) is 0 Å². The van der Waals surface area contributed by atoms with Crippen LogP contribution in [0.25, 0.3) is 0 Å². The summed E-state index contributed by atoms with van der Waals surface area (Å²) in [6, 6.07) is -0.296. The van der Waals surface area contributed by atoms with Crippen molar-refractivity contribution >= 4 is 24.3 Å². The van der Waals surface area contributed by atoms with Gasteiger partial charge in [-0.1, -0.05) is 72.0 Å². The van der Waals surface area contributed by atoms with E-state index in [2.05, 4.69) is 67.4 Å². The number of fused-ring (bicyclic) bond motifs is 5. The van der Waals surface area contributed by atoms with E-state index in [0.717, 1.165) is 74.0 Å². The summed E-state index contributed by atoms with van der Waals surface area (Å²) in [7, 11) is 1.77. The largest absolute Gasteiger partial charge is 0.446 e. The van der Waals surface area contributed by atoms with Gasteiger partial charge in [-0.25, -0.2) is 4.79 Å². The minimum absolute atomic E-state index is 0.0761. The molecule has 3 fully saturated rings. The normalized spacial score (nSPS) is 28.6. The molecular formula is C45H84N8O5. The highest BCUT2D eigenvalue weighted by molar-refractivity contribution is 5.81. The van der Waals surface area contributed by atoms with Gasteiger partial charge in [-0.15, -0.1) is 0 Å². The molecule has 58 heavy (non-hydrogen) atoms. The van der Waals surface area contributed by atoms with Crippen molar-refractivity contribution in [1.82, 2.24) is 16.0 Å². The number of alkyl carbamates (subject to hydrolysis) is 1. The number of unbranched alkanes of at least 4 members (excludes halogenated alkanes) is 2. The number of rotatable bonds is 22. The van der Waals surface area contributed by atoms with Crippen molar-refractivity contribution in [2.75, 3.05) is 39.9 Å². The van der Waals surface area contributed by atoms with Gasteiger partial charge in [-0.2, -0.15) is 0 Å². The minimum Gasteiger partial charge on any atom is -0.446 e.